The summed E-state index contributed by atoms with van der Waals surface area (Å²) in [6.45, 7) is 5.55. The summed E-state index contributed by atoms with van der Waals surface area (Å²) in [4.78, 5) is 34.6. The molecule has 2 aromatic carbocycles. The molecule has 8 heteroatoms. The maximum absolute atomic E-state index is 12.2. The first-order valence-electron chi connectivity index (χ1n) is 8.24. The fourth-order valence-corrected chi connectivity index (χ4v) is 2.44. The number of benzene rings is 2. The van der Waals surface area contributed by atoms with Crippen LogP contribution in [0.5, 0.6) is 0 Å². The van der Waals surface area contributed by atoms with Crippen LogP contribution in [0.15, 0.2) is 42.5 Å². The Morgan fingerprint density at radius 1 is 1.11 bits per heavy atom. The fourth-order valence-electron chi connectivity index (χ4n) is 2.26. The minimum Gasteiger partial charge on any atom is -0.449 e. The van der Waals surface area contributed by atoms with Crippen LogP contribution in [0.1, 0.15) is 42.6 Å². The van der Waals surface area contributed by atoms with Crippen LogP contribution in [0.4, 0.5) is 11.4 Å². The van der Waals surface area contributed by atoms with Gasteiger partial charge < -0.3 is 10.1 Å². The Bertz CT molecular complexity index is 865. The van der Waals surface area contributed by atoms with Crippen LogP contribution >= 0.6 is 11.6 Å². The number of rotatable bonds is 6. The van der Waals surface area contributed by atoms with Gasteiger partial charge in [0.1, 0.15) is 5.02 Å². The molecular weight excluding hydrogens is 372 g/mol. The van der Waals surface area contributed by atoms with Gasteiger partial charge in [0, 0.05) is 11.8 Å². The molecule has 0 aromatic heterocycles. The third kappa shape index (κ3) is 5.27. The van der Waals surface area contributed by atoms with Crippen molar-refractivity contribution in [1.29, 1.82) is 0 Å². The molecule has 2 aromatic rings. The second-order valence-corrected chi connectivity index (χ2v) is 6.64. The average molecular weight is 391 g/mol. The lowest BCUT2D eigenvalue weighted by Gasteiger charge is -2.14. The first-order chi connectivity index (χ1) is 12.7. The molecule has 0 aliphatic heterocycles. The van der Waals surface area contributed by atoms with E-state index in [4.69, 9.17) is 16.3 Å². The van der Waals surface area contributed by atoms with Gasteiger partial charge in [-0.05, 0) is 42.7 Å². The molecule has 0 saturated carbocycles. The highest BCUT2D eigenvalue weighted by molar-refractivity contribution is 6.32. The topological polar surface area (TPSA) is 98.5 Å². The molecule has 0 unspecified atom stereocenters. The third-order valence-electron chi connectivity index (χ3n) is 3.88. The van der Waals surface area contributed by atoms with E-state index in [2.05, 4.69) is 19.2 Å². The number of carbonyl (C=O) groups excluding carboxylic acids is 2. The summed E-state index contributed by atoms with van der Waals surface area (Å²) in [5.41, 5.74) is 1.24. The van der Waals surface area contributed by atoms with E-state index in [1.165, 1.54) is 19.1 Å². The van der Waals surface area contributed by atoms with Crippen LogP contribution in [-0.2, 0) is 9.53 Å². The quantitative estimate of drug-likeness (QED) is 0.443. The Balaban J connectivity index is 2.02. The summed E-state index contributed by atoms with van der Waals surface area (Å²) in [5.74, 6) is -0.991. The number of halogens is 1. The van der Waals surface area contributed by atoms with Crippen LogP contribution in [0.2, 0.25) is 5.02 Å². The zero-order valence-electron chi connectivity index (χ0n) is 15.1. The van der Waals surface area contributed by atoms with E-state index in [0.717, 1.165) is 11.6 Å². The molecule has 0 heterocycles. The lowest BCUT2D eigenvalue weighted by atomic mass is 10.0. The largest absolute Gasteiger partial charge is 0.449 e. The highest BCUT2D eigenvalue weighted by Gasteiger charge is 2.22. The van der Waals surface area contributed by atoms with E-state index in [1.807, 2.05) is 12.1 Å². The lowest BCUT2D eigenvalue weighted by molar-refractivity contribution is -0.384. The average Bonchev–Trinajstić information content (AvgIpc) is 2.62. The third-order valence-corrected chi connectivity index (χ3v) is 4.20. The maximum atomic E-state index is 12.2. The van der Waals surface area contributed by atoms with Gasteiger partial charge in [-0.1, -0.05) is 37.6 Å². The molecule has 1 amide bonds. The number of esters is 1. The van der Waals surface area contributed by atoms with Gasteiger partial charge in [-0.3, -0.25) is 14.9 Å². The molecule has 1 N–H and O–H groups in total. The maximum Gasteiger partial charge on any atom is 0.339 e. The van der Waals surface area contributed by atoms with Crippen molar-refractivity contribution in [3.8, 4) is 0 Å². The Hall–Kier alpha value is -2.93. The molecule has 27 heavy (non-hydrogen) atoms. The molecule has 0 radical (unpaired) electrons. The predicted molar refractivity (Wildman–Crippen MR) is 102 cm³/mol. The van der Waals surface area contributed by atoms with Crippen molar-refractivity contribution in [2.75, 3.05) is 5.32 Å². The number of nitrogens with one attached hydrogen (secondary N) is 1. The molecule has 0 saturated heterocycles. The summed E-state index contributed by atoms with van der Waals surface area (Å²) in [6, 6.07) is 10.9. The van der Waals surface area contributed by atoms with Crippen LogP contribution in [0.3, 0.4) is 0 Å². The number of carbonyl (C=O) groups is 2. The van der Waals surface area contributed by atoms with Gasteiger partial charge in [-0.25, -0.2) is 4.79 Å². The Labute approximate surface area is 161 Å². The number of amides is 1. The normalized spacial score (nSPS) is 11.7. The second kappa shape index (κ2) is 8.64. The van der Waals surface area contributed by atoms with Gasteiger partial charge in [-0.15, -0.1) is 0 Å². The second-order valence-electron chi connectivity index (χ2n) is 6.24. The Morgan fingerprint density at radius 2 is 1.74 bits per heavy atom. The van der Waals surface area contributed by atoms with Crippen LogP contribution in [0, 0.1) is 10.1 Å². The van der Waals surface area contributed by atoms with Crippen molar-refractivity contribution >= 4 is 34.9 Å². The van der Waals surface area contributed by atoms with Crippen molar-refractivity contribution in [3.63, 3.8) is 0 Å². The number of anilines is 1. The van der Waals surface area contributed by atoms with Gasteiger partial charge in [0.05, 0.1) is 10.5 Å². The molecule has 2 rings (SSSR count). The molecule has 0 aliphatic carbocycles. The van der Waals surface area contributed by atoms with Crippen molar-refractivity contribution in [3.05, 3.63) is 68.7 Å². The Morgan fingerprint density at radius 3 is 2.30 bits per heavy atom. The molecule has 7 nitrogen and oxygen atoms in total. The smallest absolute Gasteiger partial charge is 0.339 e. The minimum atomic E-state index is -1.09. The Kier molecular flexibility index (Phi) is 6.52. The number of hydrogen-bond donors (Lipinski definition) is 1. The van der Waals surface area contributed by atoms with Crippen molar-refractivity contribution in [1.82, 2.24) is 0 Å². The van der Waals surface area contributed by atoms with E-state index < -0.39 is 28.6 Å². The van der Waals surface area contributed by atoms with Crippen molar-refractivity contribution < 1.29 is 19.2 Å². The van der Waals surface area contributed by atoms with Crippen molar-refractivity contribution in [2.24, 2.45) is 0 Å². The number of nitro groups is 1. The summed E-state index contributed by atoms with van der Waals surface area (Å²) < 4.78 is 5.09. The van der Waals surface area contributed by atoms with Gasteiger partial charge in [-0.2, -0.15) is 0 Å². The minimum absolute atomic E-state index is 0.0629. The van der Waals surface area contributed by atoms with Crippen LogP contribution in [-0.4, -0.2) is 22.9 Å². The summed E-state index contributed by atoms with van der Waals surface area (Å²) >= 11 is 5.71. The molecular formula is C19H19ClN2O5. The number of nitrogens with zero attached hydrogens (tertiary/aromatic N) is 1. The predicted octanol–water partition coefficient (Wildman–Crippen LogP) is 4.56. The SMILES string of the molecule is CC(C)c1ccc(NC(=O)[C@@H](C)OC(=O)c2ccc(Cl)c([N+](=O)[O-])c2)cc1. The van der Waals surface area contributed by atoms with Gasteiger partial charge in [0.15, 0.2) is 6.10 Å². The first-order valence-corrected chi connectivity index (χ1v) is 8.62. The monoisotopic (exact) mass is 390 g/mol. The molecule has 0 bridgehead atoms. The molecule has 0 spiro atoms. The van der Waals surface area contributed by atoms with Crippen molar-refractivity contribution in [2.45, 2.75) is 32.8 Å². The van der Waals surface area contributed by atoms with Crippen LogP contribution < -0.4 is 5.32 Å². The highest BCUT2D eigenvalue weighted by Crippen LogP contribution is 2.25. The van der Waals surface area contributed by atoms with E-state index >= 15 is 0 Å². The lowest BCUT2D eigenvalue weighted by Crippen LogP contribution is -2.30. The number of ether oxygens (including phenoxy) is 1. The highest BCUT2D eigenvalue weighted by atomic mass is 35.5. The zero-order chi connectivity index (χ0) is 20.1. The molecule has 1 atom stereocenters. The molecule has 0 aliphatic rings. The fraction of sp³-hybridized carbons (Fsp3) is 0.263. The first kappa shape index (κ1) is 20.4. The van der Waals surface area contributed by atoms with Gasteiger partial charge in [0.2, 0.25) is 0 Å². The zero-order valence-corrected chi connectivity index (χ0v) is 15.8. The molecule has 142 valence electrons. The van der Waals surface area contributed by atoms with E-state index in [9.17, 15) is 19.7 Å². The summed E-state index contributed by atoms with van der Waals surface area (Å²) in [7, 11) is 0. The van der Waals surface area contributed by atoms with E-state index in [-0.39, 0.29) is 10.6 Å². The summed E-state index contributed by atoms with van der Waals surface area (Å²) in [5, 5.41) is 13.5. The number of hydrogen-bond acceptors (Lipinski definition) is 5. The van der Waals surface area contributed by atoms with Crippen LogP contribution in [0.25, 0.3) is 0 Å². The van der Waals surface area contributed by atoms with Gasteiger partial charge in [0.25, 0.3) is 11.6 Å². The standard InChI is InChI=1S/C19H19ClN2O5/c1-11(2)13-4-7-15(8-5-13)21-18(23)12(3)27-19(24)14-6-9-16(20)17(10-14)22(25)26/h4-12H,1-3H3,(H,21,23)/t12-/m1/s1. The van der Waals surface area contributed by atoms with Gasteiger partial charge >= 0.3 is 5.97 Å². The van der Waals surface area contributed by atoms with E-state index in [1.54, 1.807) is 12.1 Å². The number of nitro benzene ring substituents is 1. The molecule has 0 fully saturated rings. The van der Waals surface area contributed by atoms with E-state index in [0.29, 0.717) is 11.6 Å². The summed E-state index contributed by atoms with van der Waals surface area (Å²) in [6.07, 6.45) is -1.09.